The molecule has 0 atom stereocenters. The fourth-order valence-corrected chi connectivity index (χ4v) is 5.66. The molecular weight excluding hydrogens is 545 g/mol. The molecule has 0 spiro atoms. The molecule has 9 heteroatoms. The minimum absolute atomic E-state index is 0.0198. The van der Waals surface area contributed by atoms with Gasteiger partial charge in [-0.3, -0.25) is 4.79 Å². The second-order valence-electron chi connectivity index (χ2n) is 8.72. The highest BCUT2D eigenvalue weighted by Crippen LogP contribution is 2.19. The van der Waals surface area contributed by atoms with E-state index in [0.717, 1.165) is 40.7 Å². The van der Waals surface area contributed by atoms with Gasteiger partial charge in [0.05, 0.1) is 18.0 Å². The van der Waals surface area contributed by atoms with Crippen molar-refractivity contribution >= 4 is 31.9 Å². The van der Waals surface area contributed by atoms with Crippen LogP contribution in [0.1, 0.15) is 44.4 Å². The van der Waals surface area contributed by atoms with Gasteiger partial charge in [0.2, 0.25) is 15.9 Å². The van der Waals surface area contributed by atoms with E-state index in [0.29, 0.717) is 26.1 Å². The maximum Gasteiger partial charge on any atom is 0.243 e. The number of nitrogens with zero attached hydrogens (tertiary/aromatic N) is 3. The Labute approximate surface area is 221 Å². The normalized spacial score (nSPS) is 11.7. The maximum absolute atomic E-state index is 13.4. The standard InChI is InChI=1S/C27H33BrFN3O3S/c1-3-5-17-31(20-25-7-6-18-30(25)19-22-8-10-23(28)11-9-22)27(33)21-32(16-4-2)36(34,35)26-14-12-24(29)13-15-26/h6-15,18H,3-5,16-17,19-21H2,1-2H3. The van der Waals surface area contributed by atoms with Crippen LogP contribution in [-0.2, 0) is 27.9 Å². The highest BCUT2D eigenvalue weighted by atomic mass is 79.9. The molecule has 0 aliphatic carbocycles. The average Bonchev–Trinajstić information content (AvgIpc) is 3.29. The second-order valence-corrected chi connectivity index (χ2v) is 11.6. The first-order chi connectivity index (χ1) is 17.2. The molecule has 0 bridgehead atoms. The van der Waals surface area contributed by atoms with Crippen LogP contribution in [0.25, 0.3) is 0 Å². The van der Waals surface area contributed by atoms with E-state index < -0.39 is 15.8 Å². The van der Waals surface area contributed by atoms with E-state index in [1.807, 2.05) is 37.4 Å². The molecule has 3 aromatic rings. The van der Waals surface area contributed by atoms with Crippen molar-refractivity contribution in [3.05, 3.63) is 88.4 Å². The van der Waals surface area contributed by atoms with Gasteiger partial charge in [-0.1, -0.05) is 48.3 Å². The summed E-state index contributed by atoms with van der Waals surface area (Å²) in [6.07, 6.45) is 4.27. The molecule has 0 unspecified atom stereocenters. The van der Waals surface area contributed by atoms with Gasteiger partial charge in [-0.05, 0) is 66.9 Å². The fraction of sp³-hybridized carbons (Fsp3) is 0.370. The number of carbonyl (C=O) groups excluding carboxylic acids is 1. The lowest BCUT2D eigenvalue weighted by Gasteiger charge is -2.27. The quantitative estimate of drug-likeness (QED) is 0.263. The average molecular weight is 579 g/mol. The first kappa shape index (κ1) is 28.1. The Kier molecular flexibility index (Phi) is 10.3. The van der Waals surface area contributed by atoms with Gasteiger partial charge in [0.1, 0.15) is 5.82 Å². The summed E-state index contributed by atoms with van der Waals surface area (Å²) in [6, 6.07) is 16.8. The molecule has 1 amide bonds. The molecule has 0 saturated carbocycles. The summed E-state index contributed by atoms with van der Waals surface area (Å²) >= 11 is 3.46. The summed E-state index contributed by atoms with van der Waals surface area (Å²) in [7, 11) is -3.93. The van der Waals surface area contributed by atoms with E-state index in [9.17, 15) is 17.6 Å². The Morgan fingerprint density at radius 1 is 0.972 bits per heavy atom. The summed E-state index contributed by atoms with van der Waals surface area (Å²) in [6.45, 7) is 5.46. The minimum Gasteiger partial charge on any atom is -0.345 e. The molecule has 1 heterocycles. The first-order valence-electron chi connectivity index (χ1n) is 12.2. The van der Waals surface area contributed by atoms with Crippen LogP contribution in [0, 0.1) is 5.82 Å². The third kappa shape index (κ3) is 7.51. The fourth-order valence-electron chi connectivity index (χ4n) is 3.91. The van der Waals surface area contributed by atoms with Crippen molar-refractivity contribution in [2.75, 3.05) is 19.6 Å². The topological polar surface area (TPSA) is 62.6 Å². The molecular formula is C27H33BrFN3O3S. The van der Waals surface area contributed by atoms with E-state index in [2.05, 4.69) is 39.6 Å². The third-order valence-electron chi connectivity index (χ3n) is 5.91. The van der Waals surface area contributed by atoms with E-state index >= 15 is 0 Å². The van der Waals surface area contributed by atoms with Crippen molar-refractivity contribution < 1.29 is 17.6 Å². The number of benzene rings is 2. The Hall–Kier alpha value is -2.49. The zero-order valence-electron chi connectivity index (χ0n) is 20.7. The van der Waals surface area contributed by atoms with Crippen LogP contribution < -0.4 is 0 Å². The monoisotopic (exact) mass is 577 g/mol. The van der Waals surface area contributed by atoms with Gasteiger partial charge in [-0.25, -0.2) is 12.8 Å². The maximum atomic E-state index is 13.4. The molecule has 0 N–H and O–H groups in total. The molecule has 0 aliphatic rings. The number of carbonyl (C=O) groups is 1. The highest BCUT2D eigenvalue weighted by Gasteiger charge is 2.28. The van der Waals surface area contributed by atoms with Crippen molar-refractivity contribution in [1.29, 1.82) is 0 Å². The predicted octanol–water partition coefficient (Wildman–Crippen LogP) is 5.67. The van der Waals surface area contributed by atoms with Gasteiger partial charge in [0, 0.05) is 36.0 Å². The summed E-state index contributed by atoms with van der Waals surface area (Å²) in [5.74, 6) is -0.761. The Morgan fingerprint density at radius 3 is 2.31 bits per heavy atom. The summed E-state index contributed by atoms with van der Waals surface area (Å²) in [5.41, 5.74) is 2.12. The van der Waals surface area contributed by atoms with Crippen LogP contribution >= 0.6 is 15.9 Å². The summed E-state index contributed by atoms with van der Waals surface area (Å²) in [5, 5.41) is 0. The summed E-state index contributed by atoms with van der Waals surface area (Å²) < 4.78 is 44.1. The smallest absolute Gasteiger partial charge is 0.243 e. The molecule has 2 aromatic carbocycles. The van der Waals surface area contributed by atoms with Crippen LogP contribution in [0.2, 0.25) is 0 Å². The molecule has 0 aliphatic heterocycles. The molecule has 6 nitrogen and oxygen atoms in total. The van der Waals surface area contributed by atoms with Crippen molar-refractivity contribution in [3.8, 4) is 0 Å². The zero-order valence-corrected chi connectivity index (χ0v) is 23.1. The molecule has 194 valence electrons. The lowest BCUT2D eigenvalue weighted by molar-refractivity contribution is -0.132. The SMILES string of the molecule is CCCCN(Cc1cccn1Cc1ccc(Br)cc1)C(=O)CN(CCC)S(=O)(=O)c1ccc(F)cc1. The number of hydrogen-bond donors (Lipinski definition) is 0. The summed E-state index contributed by atoms with van der Waals surface area (Å²) in [4.78, 5) is 15.2. The minimum atomic E-state index is -3.93. The predicted molar refractivity (Wildman–Crippen MR) is 143 cm³/mol. The van der Waals surface area contributed by atoms with Gasteiger partial charge >= 0.3 is 0 Å². The molecule has 0 radical (unpaired) electrons. The van der Waals surface area contributed by atoms with Gasteiger partial charge in [0.25, 0.3) is 0 Å². The number of halogens is 2. The largest absolute Gasteiger partial charge is 0.345 e. The number of rotatable bonds is 13. The van der Waals surface area contributed by atoms with Crippen molar-refractivity contribution in [2.24, 2.45) is 0 Å². The van der Waals surface area contributed by atoms with Crippen LogP contribution in [0.4, 0.5) is 4.39 Å². The van der Waals surface area contributed by atoms with E-state index in [-0.39, 0.29) is 23.9 Å². The highest BCUT2D eigenvalue weighted by molar-refractivity contribution is 9.10. The third-order valence-corrected chi connectivity index (χ3v) is 8.30. The van der Waals surface area contributed by atoms with Gasteiger partial charge in [-0.2, -0.15) is 4.31 Å². The molecule has 0 saturated heterocycles. The molecule has 3 rings (SSSR count). The van der Waals surface area contributed by atoms with Crippen molar-refractivity contribution in [2.45, 2.75) is 51.1 Å². The zero-order chi connectivity index (χ0) is 26.1. The number of amides is 1. The van der Waals surface area contributed by atoms with Crippen LogP contribution in [0.3, 0.4) is 0 Å². The van der Waals surface area contributed by atoms with Crippen molar-refractivity contribution in [3.63, 3.8) is 0 Å². The number of unbranched alkanes of at least 4 members (excludes halogenated alkanes) is 1. The first-order valence-corrected chi connectivity index (χ1v) is 14.4. The molecule has 1 aromatic heterocycles. The number of aromatic nitrogens is 1. The lowest BCUT2D eigenvalue weighted by Crippen LogP contribution is -2.43. The van der Waals surface area contributed by atoms with Crippen LogP contribution in [0.5, 0.6) is 0 Å². The van der Waals surface area contributed by atoms with Crippen molar-refractivity contribution in [1.82, 2.24) is 13.8 Å². The number of hydrogen-bond acceptors (Lipinski definition) is 3. The molecule has 36 heavy (non-hydrogen) atoms. The Balaban J connectivity index is 1.79. The Bertz CT molecular complexity index is 1230. The van der Waals surface area contributed by atoms with Gasteiger partial charge in [-0.15, -0.1) is 0 Å². The van der Waals surface area contributed by atoms with Crippen LogP contribution in [-0.4, -0.2) is 47.7 Å². The van der Waals surface area contributed by atoms with Gasteiger partial charge < -0.3 is 9.47 Å². The van der Waals surface area contributed by atoms with E-state index in [1.165, 1.54) is 16.4 Å². The van der Waals surface area contributed by atoms with Crippen LogP contribution in [0.15, 0.2) is 76.2 Å². The van der Waals surface area contributed by atoms with E-state index in [4.69, 9.17) is 0 Å². The second kappa shape index (κ2) is 13.2. The number of sulfonamides is 1. The molecule has 0 fully saturated rings. The van der Waals surface area contributed by atoms with Gasteiger partial charge in [0.15, 0.2) is 0 Å². The lowest BCUT2D eigenvalue weighted by atomic mass is 10.2. The van der Waals surface area contributed by atoms with E-state index in [1.54, 1.807) is 4.90 Å². The Morgan fingerprint density at radius 2 is 1.67 bits per heavy atom.